The minimum Gasteiger partial charge on any atom is -0.464 e. The largest absolute Gasteiger partial charge is 0.464 e. The molecule has 0 N–H and O–H groups in total. The number of esters is 1. The molecule has 0 amide bonds. The number of carbonyl (C=O) groups is 1. The van der Waals surface area contributed by atoms with E-state index in [0.29, 0.717) is 6.61 Å². The fourth-order valence-corrected chi connectivity index (χ4v) is 3.98. The molecule has 1 aliphatic carbocycles. The van der Waals surface area contributed by atoms with Crippen LogP contribution in [-0.2, 0) is 26.8 Å². The second kappa shape index (κ2) is 7.63. The first kappa shape index (κ1) is 21.6. The van der Waals surface area contributed by atoms with Crippen molar-refractivity contribution in [3.63, 3.8) is 0 Å². The van der Waals surface area contributed by atoms with Crippen LogP contribution in [0, 0.1) is 5.92 Å². The molecular weight excluding hydrogens is 356 g/mol. The number of hydrogen-bond acceptors (Lipinski definition) is 2. The van der Waals surface area contributed by atoms with Gasteiger partial charge in [0.25, 0.3) is 0 Å². The molecule has 2 heteroatoms. The smallest absolute Gasteiger partial charge is 0.308 e. The molecule has 1 aliphatic rings. The molecular formula is C27H36O2. The molecule has 0 bridgehead atoms. The summed E-state index contributed by atoms with van der Waals surface area (Å²) in [6.45, 7) is 17.7. The first-order valence-corrected chi connectivity index (χ1v) is 10.8. The Labute approximate surface area is 176 Å². The lowest BCUT2D eigenvalue weighted by Gasteiger charge is -2.32. The Hall–Kier alpha value is -2.09. The lowest BCUT2D eigenvalue weighted by molar-refractivity contribution is -0.147. The lowest BCUT2D eigenvalue weighted by atomic mass is 9.73. The maximum Gasteiger partial charge on any atom is 0.308 e. The standard InChI is InChI=1S/C27H36O2/c1-17(2)25(28)29-16-24-22-14-20(26(3,4)5)11-9-18(22)13-19-10-12-21(15-23(19)24)27(6,7)8/h9-12,14-15,17,24H,13,16H2,1-8H3. The zero-order chi connectivity index (χ0) is 21.6. The zero-order valence-corrected chi connectivity index (χ0v) is 19.3. The highest BCUT2D eigenvalue weighted by Crippen LogP contribution is 2.40. The molecule has 0 aliphatic heterocycles. The van der Waals surface area contributed by atoms with E-state index in [2.05, 4.69) is 77.9 Å². The van der Waals surface area contributed by atoms with Crippen LogP contribution in [0.25, 0.3) is 0 Å². The predicted octanol–water partition coefficient (Wildman–Crippen LogP) is 6.52. The van der Waals surface area contributed by atoms with Gasteiger partial charge in [0.1, 0.15) is 6.61 Å². The van der Waals surface area contributed by atoms with Crippen LogP contribution in [0.15, 0.2) is 36.4 Å². The average Bonchev–Trinajstić information content (AvgIpc) is 2.62. The molecule has 0 aromatic heterocycles. The Kier molecular flexibility index (Phi) is 5.69. The van der Waals surface area contributed by atoms with Crippen molar-refractivity contribution in [1.82, 2.24) is 0 Å². The SMILES string of the molecule is CC(C)C(=O)OCC1c2cc(C(C)(C)C)ccc2Cc2ccc(C(C)(C)C)cc21. The van der Waals surface area contributed by atoms with Crippen molar-refractivity contribution in [2.24, 2.45) is 5.92 Å². The number of benzene rings is 2. The van der Waals surface area contributed by atoms with Crippen molar-refractivity contribution in [3.05, 3.63) is 69.8 Å². The van der Waals surface area contributed by atoms with Crippen molar-refractivity contribution in [2.45, 2.75) is 78.6 Å². The molecule has 29 heavy (non-hydrogen) atoms. The summed E-state index contributed by atoms with van der Waals surface area (Å²) < 4.78 is 5.77. The van der Waals surface area contributed by atoms with E-state index in [4.69, 9.17) is 4.74 Å². The Morgan fingerprint density at radius 1 is 0.897 bits per heavy atom. The quantitative estimate of drug-likeness (QED) is 0.556. The van der Waals surface area contributed by atoms with Gasteiger partial charge in [-0.2, -0.15) is 0 Å². The molecule has 0 fully saturated rings. The zero-order valence-electron chi connectivity index (χ0n) is 19.3. The molecule has 2 nitrogen and oxygen atoms in total. The van der Waals surface area contributed by atoms with Gasteiger partial charge in [-0.3, -0.25) is 4.79 Å². The molecule has 0 unspecified atom stereocenters. The maximum atomic E-state index is 12.2. The Morgan fingerprint density at radius 2 is 1.34 bits per heavy atom. The molecule has 2 aromatic rings. The van der Waals surface area contributed by atoms with Gasteiger partial charge in [-0.15, -0.1) is 0 Å². The molecule has 0 atom stereocenters. The summed E-state index contributed by atoms with van der Waals surface area (Å²) >= 11 is 0. The first-order chi connectivity index (χ1) is 13.4. The Morgan fingerprint density at radius 3 is 1.72 bits per heavy atom. The van der Waals surface area contributed by atoms with Crippen LogP contribution in [-0.4, -0.2) is 12.6 Å². The van der Waals surface area contributed by atoms with Crippen LogP contribution in [0.1, 0.15) is 94.7 Å². The van der Waals surface area contributed by atoms with Gasteiger partial charge < -0.3 is 4.74 Å². The van der Waals surface area contributed by atoms with E-state index in [9.17, 15) is 4.79 Å². The summed E-state index contributed by atoms with van der Waals surface area (Å²) in [6, 6.07) is 13.7. The number of hydrogen-bond donors (Lipinski definition) is 0. The topological polar surface area (TPSA) is 26.3 Å². The van der Waals surface area contributed by atoms with Crippen molar-refractivity contribution >= 4 is 5.97 Å². The number of carbonyl (C=O) groups excluding carboxylic acids is 1. The summed E-state index contributed by atoms with van der Waals surface area (Å²) in [7, 11) is 0. The molecule has 0 radical (unpaired) electrons. The van der Waals surface area contributed by atoms with E-state index < -0.39 is 0 Å². The summed E-state index contributed by atoms with van der Waals surface area (Å²) in [5.41, 5.74) is 8.14. The maximum absolute atomic E-state index is 12.2. The van der Waals surface area contributed by atoms with Gasteiger partial charge in [-0.05, 0) is 50.6 Å². The van der Waals surface area contributed by atoms with Crippen LogP contribution >= 0.6 is 0 Å². The van der Waals surface area contributed by atoms with Crippen LogP contribution in [0.3, 0.4) is 0 Å². The van der Waals surface area contributed by atoms with Crippen molar-refractivity contribution in [1.29, 1.82) is 0 Å². The molecule has 0 saturated heterocycles. The first-order valence-electron chi connectivity index (χ1n) is 10.8. The van der Waals surface area contributed by atoms with Crippen molar-refractivity contribution in [3.8, 4) is 0 Å². The van der Waals surface area contributed by atoms with E-state index in [-0.39, 0.29) is 28.6 Å². The summed E-state index contributed by atoms with van der Waals surface area (Å²) in [4.78, 5) is 12.2. The molecule has 156 valence electrons. The molecule has 2 aromatic carbocycles. The molecule has 0 spiro atoms. The highest BCUT2D eigenvalue weighted by atomic mass is 16.5. The van der Waals surface area contributed by atoms with Gasteiger partial charge in [0.05, 0.1) is 5.92 Å². The van der Waals surface area contributed by atoms with Gasteiger partial charge in [0, 0.05) is 5.92 Å². The third kappa shape index (κ3) is 4.57. The van der Waals surface area contributed by atoms with E-state index in [0.717, 1.165) is 6.42 Å². The van der Waals surface area contributed by atoms with Gasteiger partial charge >= 0.3 is 5.97 Å². The number of rotatable bonds is 3. The van der Waals surface area contributed by atoms with E-state index in [1.165, 1.54) is 33.4 Å². The minimum atomic E-state index is -0.127. The van der Waals surface area contributed by atoms with Gasteiger partial charge in [0.15, 0.2) is 0 Å². The second-order valence-electron chi connectivity index (χ2n) is 10.8. The third-order valence-corrected chi connectivity index (χ3v) is 6.02. The van der Waals surface area contributed by atoms with Crippen LogP contribution in [0.2, 0.25) is 0 Å². The number of fused-ring (bicyclic) bond motifs is 2. The van der Waals surface area contributed by atoms with E-state index in [1.54, 1.807) is 0 Å². The van der Waals surface area contributed by atoms with Gasteiger partial charge in [0.2, 0.25) is 0 Å². The number of ether oxygens (including phenoxy) is 1. The lowest BCUT2D eigenvalue weighted by Crippen LogP contribution is -2.24. The average molecular weight is 393 g/mol. The molecule has 3 rings (SSSR count). The Bertz CT molecular complexity index is 844. The fraction of sp³-hybridized carbons (Fsp3) is 0.519. The fourth-order valence-electron chi connectivity index (χ4n) is 3.98. The van der Waals surface area contributed by atoms with Crippen LogP contribution in [0.4, 0.5) is 0 Å². The monoisotopic (exact) mass is 392 g/mol. The van der Waals surface area contributed by atoms with Gasteiger partial charge in [-0.25, -0.2) is 0 Å². The van der Waals surface area contributed by atoms with Crippen LogP contribution < -0.4 is 0 Å². The van der Waals surface area contributed by atoms with Crippen LogP contribution in [0.5, 0.6) is 0 Å². The summed E-state index contributed by atoms with van der Waals surface area (Å²) in [5.74, 6) is -0.155. The third-order valence-electron chi connectivity index (χ3n) is 6.02. The van der Waals surface area contributed by atoms with Gasteiger partial charge in [-0.1, -0.05) is 91.8 Å². The molecule has 0 saturated carbocycles. The second-order valence-corrected chi connectivity index (χ2v) is 10.8. The van der Waals surface area contributed by atoms with Crippen molar-refractivity contribution in [2.75, 3.05) is 6.61 Å². The summed E-state index contributed by atoms with van der Waals surface area (Å²) in [5, 5.41) is 0. The highest BCUT2D eigenvalue weighted by molar-refractivity contribution is 5.71. The summed E-state index contributed by atoms with van der Waals surface area (Å²) in [6.07, 6.45) is 0.939. The minimum absolute atomic E-state index is 0.0843. The highest BCUT2D eigenvalue weighted by Gasteiger charge is 2.30. The normalized spacial score (nSPS) is 14.5. The van der Waals surface area contributed by atoms with Crippen molar-refractivity contribution < 1.29 is 9.53 Å². The Balaban J connectivity index is 2.10. The van der Waals surface area contributed by atoms with E-state index >= 15 is 0 Å². The molecule has 0 heterocycles. The van der Waals surface area contributed by atoms with E-state index in [1.807, 2.05) is 13.8 Å². The predicted molar refractivity (Wildman–Crippen MR) is 121 cm³/mol.